The number of methoxy groups -OCH3 is 1. The zero-order chi connectivity index (χ0) is 31.5. The van der Waals surface area contributed by atoms with Gasteiger partial charge < -0.3 is 18.7 Å². The zero-order valence-electron chi connectivity index (χ0n) is 23.6. The van der Waals surface area contributed by atoms with Gasteiger partial charge in [0.2, 0.25) is 0 Å². The Bertz CT molecular complexity index is 1500. The van der Waals surface area contributed by atoms with Gasteiger partial charge in [-0.1, -0.05) is 36.6 Å². The Kier molecular flexibility index (Phi) is 9.28. The molecule has 236 valence electrons. The Morgan fingerprint density at radius 1 is 1.14 bits per heavy atom. The summed E-state index contributed by atoms with van der Waals surface area (Å²) in [5.41, 5.74) is -1.11. The van der Waals surface area contributed by atoms with Gasteiger partial charge in [-0.05, 0) is 43.4 Å². The summed E-state index contributed by atoms with van der Waals surface area (Å²) in [5, 5.41) is 4.10. The average molecular weight is 626 g/mol. The highest BCUT2D eigenvalue weighted by atomic mass is 19.4. The molecule has 8 nitrogen and oxygen atoms in total. The van der Waals surface area contributed by atoms with Crippen LogP contribution in [0.2, 0.25) is 0 Å². The van der Waals surface area contributed by atoms with Crippen LogP contribution in [-0.2, 0) is 22.3 Å². The predicted octanol–water partition coefficient (Wildman–Crippen LogP) is 8.19. The number of aliphatic imine (C=N–C) groups is 1. The number of halogens is 6. The molecule has 0 spiro atoms. The Hall–Kier alpha value is -3.94. The lowest BCUT2D eigenvalue weighted by Gasteiger charge is -2.29. The highest BCUT2D eigenvalue weighted by Crippen LogP contribution is 2.46. The molecule has 2 aliphatic carbocycles. The lowest BCUT2D eigenvalue weighted by atomic mass is 9.81. The van der Waals surface area contributed by atoms with Crippen LogP contribution in [0.25, 0.3) is 11.3 Å². The molecule has 44 heavy (non-hydrogen) atoms. The van der Waals surface area contributed by atoms with Crippen LogP contribution < -0.4 is 4.74 Å². The van der Waals surface area contributed by atoms with E-state index in [1.165, 1.54) is 24.4 Å². The minimum atomic E-state index is -4.90. The van der Waals surface area contributed by atoms with Crippen molar-refractivity contribution in [3.63, 3.8) is 0 Å². The molecule has 2 saturated carbocycles. The fourth-order valence-electron chi connectivity index (χ4n) is 5.04. The van der Waals surface area contributed by atoms with Gasteiger partial charge in [-0.15, -0.1) is 13.2 Å². The molecule has 2 fully saturated rings. The summed E-state index contributed by atoms with van der Waals surface area (Å²) in [6, 6.07) is 6.33. The van der Waals surface area contributed by atoms with Crippen molar-refractivity contribution >= 4 is 18.0 Å². The topological polar surface area (TPSA) is 96.0 Å². The third-order valence-corrected chi connectivity index (χ3v) is 7.61. The van der Waals surface area contributed by atoms with E-state index in [4.69, 9.17) is 9.26 Å². The number of carbonyl (C=O) groups is 1. The van der Waals surface area contributed by atoms with E-state index in [1.54, 1.807) is 6.07 Å². The maximum atomic E-state index is 13.6. The summed E-state index contributed by atoms with van der Waals surface area (Å²) in [4.78, 5) is 19.7. The lowest BCUT2D eigenvalue weighted by Crippen LogP contribution is -2.22. The van der Waals surface area contributed by atoms with Gasteiger partial charge in [0.15, 0.2) is 5.82 Å². The largest absolute Gasteiger partial charge is 0.573 e. The van der Waals surface area contributed by atoms with Gasteiger partial charge in [0.25, 0.3) is 0 Å². The summed E-state index contributed by atoms with van der Waals surface area (Å²) in [6.07, 6.45) is -2.27. The monoisotopic (exact) mass is 625 g/mol. The SMILES string of the molecule is COC(=O)c1cnc(N=CC[C@H](CC2CCC2)OCc2c(-c3ccccc3OC(F)(F)F)noc2C2CC2)cc1C(F)(F)F. The molecule has 0 saturated heterocycles. The van der Waals surface area contributed by atoms with Gasteiger partial charge in [-0.2, -0.15) is 13.2 Å². The van der Waals surface area contributed by atoms with E-state index in [9.17, 15) is 31.1 Å². The molecule has 0 amide bonds. The van der Waals surface area contributed by atoms with Crippen LogP contribution in [0.5, 0.6) is 5.75 Å². The van der Waals surface area contributed by atoms with E-state index in [0.717, 1.165) is 45.4 Å². The van der Waals surface area contributed by atoms with E-state index in [1.807, 2.05) is 0 Å². The first-order valence-corrected chi connectivity index (χ1v) is 14.1. The van der Waals surface area contributed by atoms with E-state index < -0.39 is 41.5 Å². The zero-order valence-corrected chi connectivity index (χ0v) is 23.6. The maximum Gasteiger partial charge on any atom is 0.573 e. The number of benzene rings is 1. The van der Waals surface area contributed by atoms with Crippen LogP contribution in [0.4, 0.5) is 32.2 Å². The fraction of sp³-hybridized carbons (Fsp3) is 0.467. The van der Waals surface area contributed by atoms with Gasteiger partial charge in [0.05, 0.1) is 30.9 Å². The second-order valence-electron chi connectivity index (χ2n) is 10.8. The van der Waals surface area contributed by atoms with Crippen molar-refractivity contribution in [2.45, 2.75) is 76.1 Å². The molecule has 2 aliphatic rings. The lowest BCUT2D eigenvalue weighted by molar-refractivity contribution is -0.274. The summed E-state index contributed by atoms with van der Waals surface area (Å²) < 4.78 is 101. The number of pyridine rings is 1. The number of alkyl halides is 6. The van der Waals surface area contributed by atoms with E-state index in [2.05, 4.69) is 24.6 Å². The number of hydrogen-bond donors (Lipinski definition) is 0. The van der Waals surface area contributed by atoms with Gasteiger partial charge in [-0.25, -0.2) is 14.8 Å². The molecule has 2 aromatic heterocycles. The van der Waals surface area contributed by atoms with E-state index >= 15 is 0 Å². The molecular formula is C30H29F6N3O5. The molecule has 0 unspecified atom stereocenters. The van der Waals surface area contributed by atoms with Crippen molar-refractivity contribution in [2.75, 3.05) is 7.11 Å². The molecule has 3 aromatic rings. The number of hydrogen-bond acceptors (Lipinski definition) is 8. The average Bonchev–Trinajstić information content (AvgIpc) is 3.71. The second kappa shape index (κ2) is 13.0. The Morgan fingerprint density at radius 2 is 1.89 bits per heavy atom. The first-order chi connectivity index (χ1) is 20.9. The van der Waals surface area contributed by atoms with Crippen LogP contribution in [0, 0.1) is 5.92 Å². The Labute approximate surface area is 248 Å². The van der Waals surface area contributed by atoms with Crippen molar-refractivity contribution < 1.29 is 49.9 Å². The summed E-state index contributed by atoms with van der Waals surface area (Å²) in [5.74, 6) is -0.800. The minimum absolute atomic E-state index is 0.0133. The predicted molar refractivity (Wildman–Crippen MR) is 144 cm³/mol. The normalized spacial score (nSPS) is 16.6. The van der Waals surface area contributed by atoms with Gasteiger partial charge in [-0.3, -0.25) is 0 Å². The number of carbonyl (C=O) groups excluding carboxylic acids is 1. The third kappa shape index (κ3) is 7.76. The highest BCUT2D eigenvalue weighted by Gasteiger charge is 2.37. The molecule has 5 rings (SSSR count). The van der Waals surface area contributed by atoms with Crippen LogP contribution >= 0.6 is 0 Å². The molecular weight excluding hydrogens is 596 g/mol. The van der Waals surface area contributed by atoms with Gasteiger partial charge >= 0.3 is 18.5 Å². The van der Waals surface area contributed by atoms with E-state index in [-0.39, 0.29) is 36.0 Å². The molecule has 0 aliphatic heterocycles. The molecule has 1 atom stereocenters. The van der Waals surface area contributed by atoms with Crippen LogP contribution in [-0.4, -0.2) is 41.9 Å². The fourth-order valence-corrected chi connectivity index (χ4v) is 5.04. The van der Waals surface area contributed by atoms with Crippen molar-refractivity contribution in [2.24, 2.45) is 10.9 Å². The Balaban J connectivity index is 1.36. The maximum absolute atomic E-state index is 13.6. The molecule has 2 heterocycles. The van der Waals surface area contributed by atoms with Crippen LogP contribution in [0.15, 0.2) is 46.0 Å². The standard InChI is InChI=1S/C30H29F6N3O5/c1-41-28(40)21-15-38-25(14-23(21)29(31,32)33)37-12-11-19(13-17-5-4-6-17)42-16-22-26(39-44-27(22)18-9-10-18)20-7-2-3-8-24(20)43-30(34,35)36/h2-3,7-8,12,14-15,17-19H,4-6,9-11,13,16H2,1H3/t19-/m1/s1. The molecule has 0 radical (unpaired) electrons. The molecule has 0 N–H and O–H groups in total. The molecule has 0 bridgehead atoms. The number of aromatic nitrogens is 2. The second-order valence-corrected chi connectivity index (χ2v) is 10.8. The van der Waals surface area contributed by atoms with Gasteiger partial charge in [0, 0.05) is 35.9 Å². The number of para-hydroxylation sites is 1. The smallest absolute Gasteiger partial charge is 0.465 e. The molecule has 1 aromatic carbocycles. The van der Waals surface area contributed by atoms with Crippen LogP contribution in [0.1, 0.15) is 78.1 Å². The van der Waals surface area contributed by atoms with Crippen molar-refractivity contribution in [1.29, 1.82) is 0 Å². The number of esters is 1. The van der Waals surface area contributed by atoms with Crippen LogP contribution in [0.3, 0.4) is 0 Å². The van der Waals surface area contributed by atoms with Gasteiger partial charge in [0.1, 0.15) is 17.2 Å². The Morgan fingerprint density at radius 3 is 2.52 bits per heavy atom. The summed E-state index contributed by atoms with van der Waals surface area (Å²) in [7, 11) is 0.974. The number of ether oxygens (including phenoxy) is 3. The molecule has 14 heteroatoms. The third-order valence-electron chi connectivity index (χ3n) is 7.61. The van der Waals surface area contributed by atoms with Crippen molar-refractivity contribution in [1.82, 2.24) is 10.1 Å². The minimum Gasteiger partial charge on any atom is -0.465 e. The number of rotatable bonds is 12. The highest BCUT2D eigenvalue weighted by molar-refractivity contribution is 5.91. The first-order valence-electron chi connectivity index (χ1n) is 14.1. The van der Waals surface area contributed by atoms with Crippen molar-refractivity contribution in [3.05, 3.63) is 59.0 Å². The quantitative estimate of drug-likeness (QED) is 0.114. The number of nitrogens with zero attached hydrogens (tertiary/aromatic N) is 3. The van der Waals surface area contributed by atoms with E-state index in [0.29, 0.717) is 29.7 Å². The summed E-state index contributed by atoms with van der Waals surface area (Å²) in [6.45, 7) is -0.0133. The van der Waals surface area contributed by atoms with Crippen molar-refractivity contribution in [3.8, 4) is 17.0 Å². The first kappa shape index (κ1) is 31.5. The summed E-state index contributed by atoms with van der Waals surface area (Å²) >= 11 is 0.